The highest BCUT2D eigenvalue weighted by molar-refractivity contribution is 6.12. The number of benzene rings is 1. The van der Waals surface area contributed by atoms with Gasteiger partial charge in [0.1, 0.15) is 11.6 Å². The van der Waals surface area contributed by atoms with Crippen LogP contribution in [0.5, 0.6) is 0 Å². The Morgan fingerprint density at radius 1 is 1.19 bits per heavy atom. The summed E-state index contributed by atoms with van der Waals surface area (Å²) >= 11 is 0. The molecule has 1 fully saturated rings. The van der Waals surface area contributed by atoms with Crippen molar-refractivity contribution in [3.63, 3.8) is 0 Å². The molecule has 1 aromatic carbocycles. The highest BCUT2D eigenvalue weighted by atomic mass is 16.1. The van der Waals surface area contributed by atoms with E-state index in [0.29, 0.717) is 11.6 Å². The maximum atomic E-state index is 12.9. The van der Waals surface area contributed by atoms with Crippen LogP contribution in [0.1, 0.15) is 59.0 Å². The van der Waals surface area contributed by atoms with Crippen molar-refractivity contribution in [1.82, 2.24) is 4.57 Å². The summed E-state index contributed by atoms with van der Waals surface area (Å²) in [6.07, 6.45) is 6.33. The first-order valence-electron chi connectivity index (χ1n) is 9.18. The third kappa shape index (κ3) is 3.57. The van der Waals surface area contributed by atoms with Crippen molar-refractivity contribution in [2.24, 2.45) is 0 Å². The van der Waals surface area contributed by atoms with Crippen LogP contribution >= 0.6 is 0 Å². The van der Waals surface area contributed by atoms with Gasteiger partial charge in [0.2, 0.25) is 5.78 Å². The van der Waals surface area contributed by atoms with Crippen LogP contribution in [0.25, 0.3) is 0 Å². The second-order valence-corrected chi connectivity index (χ2v) is 7.10. The molecule has 0 amide bonds. The van der Waals surface area contributed by atoms with Gasteiger partial charge in [-0.3, -0.25) is 4.79 Å². The van der Waals surface area contributed by atoms with E-state index in [4.69, 9.17) is 0 Å². The Balaban J connectivity index is 1.84. The summed E-state index contributed by atoms with van der Waals surface area (Å²) in [6, 6.07) is 12.3. The molecule has 0 unspecified atom stereocenters. The number of nitrogens with zero attached hydrogens (tertiary/aromatic N) is 2. The van der Waals surface area contributed by atoms with E-state index in [1.807, 2.05) is 57.2 Å². The second-order valence-electron chi connectivity index (χ2n) is 7.10. The fourth-order valence-corrected chi connectivity index (χ4v) is 3.83. The Labute approximate surface area is 155 Å². The molecule has 4 nitrogen and oxygen atoms in total. The van der Waals surface area contributed by atoms with Crippen molar-refractivity contribution in [3.8, 4) is 6.07 Å². The molecule has 1 heterocycles. The molecule has 0 atom stereocenters. The lowest BCUT2D eigenvalue weighted by atomic mass is 10.1. The Morgan fingerprint density at radius 2 is 1.85 bits per heavy atom. The van der Waals surface area contributed by atoms with Gasteiger partial charge < -0.3 is 9.88 Å². The van der Waals surface area contributed by atoms with Crippen molar-refractivity contribution in [2.45, 2.75) is 52.5 Å². The predicted molar refractivity (Wildman–Crippen MR) is 104 cm³/mol. The van der Waals surface area contributed by atoms with Crippen molar-refractivity contribution in [1.29, 1.82) is 5.26 Å². The van der Waals surface area contributed by atoms with Gasteiger partial charge in [0, 0.05) is 34.9 Å². The number of rotatable bonds is 5. The number of carbonyl (C=O) groups is 1. The molecule has 3 rings (SSSR count). The van der Waals surface area contributed by atoms with Crippen LogP contribution in [0, 0.1) is 32.1 Å². The van der Waals surface area contributed by atoms with E-state index in [1.165, 1.54) is 31.9 Å². The molecule has 1 aliphatic rings. The molecule has 0 saturated heterocycles. The Kier molecular flexibility index (Phi) is 5.27. The van der Waals surface area contributed by atoms with E-state index in [0.717, 1.165) is 22.6 Å². The van der Waals surface area contributed by atoms with Gasteiger partial charge in [0.15, 0.2) is 0 Å². The van der Waals surface area contributed by atoms with Gasteiger partial charge in [-0.05, 0) is 51.8 Å². The van der Waals surface area contributed by atoms with Gasteiger partial charge >= 0.3 is 0 Å². The lowest BCUT2D eigenvalue weighted by Crippen LogP contribution is -2.10. The van der Waals surface area contributed by atoms with Gasteiger partial charge in [-0.25, -0.2) is 0 Å². The normalized spacial score (nSPS) is 15.1. The second kappa shape index (κ2) is 7.61. The predicted octanol–water partition coefficient (Wildman–Crippen LogP) is 5.23. The molecule has 0 radical (unpaired) electrons. The van der Waals surface area contributed by atoms with Crippen LogP contribution < -0.4 is 5.32 Å². The lowest BCUT2D eigenvalue weighted by molar-refractivity contribution is 0.103. The van der Waals surface area contributed by atoms with Gasteiger partial charge in [0.25, 0.3) is 0 Å². The smallest absolute Gasteiger partial charge is 0.206 e. The number of allylic oxidation sites excluding steroid dienone is 1. The molecule has 1 saturated carbocycles. The Morgan fingerprint density at radius 3 is 2.46 bits per heavy atom. The highest BCUT2D eigenvalue weighted by Crippen LogP contribution is 2.33. The zero-order chi connectivity index (χ0) is 18.7. The first-order valence-corrected chi connectivity index (χ1v) is 9.18. The lowest BCUT2D eigenvalue weighted by Gasteiger charge is -2.17. The third-order valence-corrected chi connectivity index (χ3v) is 5.22. The number of ketones is 1. The molecule has 134 valence electrons. The quantitative estimate of drug-likeness (QED) is 0.458. The molecule has 1 aromatic heterocycles. The molecule has 1 N–H and O–H groups in total. The minimum atomic E-state index is -0.218. The number of Topliss-reactive ketones (excluding diaryl/α,β-unsaturated/α-hetero) is 1. The van der Waals surface area contributed by atoms with E-state index in [1.54, 1.807) is 0 Å². The molecule has 26 heavy (non-hydrogen) atoms. The summed E-state index contributed by atoms with van der Waals surface area (Å²) < 4.78 is 2.28. The average molecular weight is 347 g/mol. The van der Waals surface area contributed by atoms with E-state index < -0.39 is 0 Å². The maximum Gasteiger partial charge on any atom is 0.206 e. The van der Waals surface area contributed by atoms with E-state index in [2.05, 4.69) is 9.88 Å². The minimum absolute atomic E-state index is 0.122. The van der Waals surface area contributed by atoms with Gasteiger partial charge in [0.05, 0.1) is 0 Å². The van der Waals surface area contributed by atoms with Gasteiger partial charge in [-0.15, -0.1) is 0 Å². The van der Waals surface area contributed by atoms with Crippen LogP contribution in [-0.2, 0) is 0 Å². The van der Waals surface area contributed by atoms with Crippen LogP contribution in [0.15, 0.2) is 42.1 Å². The number of anilines is 1. The molecule has 4 heteroatoms. The third-order valence-electron chi connectivity index (χ3n) is 5.22. The fraction of sp³-hybridized carbons (Fsp3) is 0.364. The number of hydrogen-bond acceptors (Lipinski definition) is 3. The summed E-state index contributed by atoms with van der Waals surface area (Å²) in [6.45, 7) is 6.05. The summed E-state index contributed by atoms with van der Waals surface area (Å²) in [7, 11) is 0. The molecular formula is C22H25N3O. The summed E-state index contributed by atoms with van der Waals surface area (Å²) in [5.74, 6) is -0.218. The van der Waals surface area contributed by atoms with Crippen molar-refractivity contribution in [2.75, 3.05) is 5.32 Å². The van der Waals surface area contributed by atoms with Crippen molar-refractivity contribution in [3.05, 3.63) is 64.6 Å². The van der Waals surface area contributed by atoms with Gasteiger partial charge in [-0.2, -0.15) is 5.26 Å². The van der Waals surface area contributed by atoms with E-state index in [-0.39, 0.29) is 11.4 Å². The Hall–Kier alpha value is -2.80. The number of nitrogens with one attached hydrogen (secondary N) is 1. The highest BCUT2D eigenvalue weighted by Gasteiger charge is 2.24. The number of aromatic nitrogens is 1. The van der Waals surface area contributed by atoms with Crippen molar-refractivity contribution >= 4 is 11.5 Å². The zero-order valence-corrected chi connectivity index (χ0v) is 15.7. The van der Waals surface area contributed by atoms with Crippen LogP contribution in [0.4, 0.5) is 5.69 Å². The first-order chi connectivity index (χ1) is 12.5. The molecule has 0 bridgehead atoms. The monoisotopic (exact) mass is 347 g/mol. The number of aryl methyl sites for hydroxylation is 2. The van der Waals surface area contributed by atoms with Crippen LogP contribution in [0.2, 0.25) is 0 Å². The van der Waals surface area contributed by atoms with Crippen LogP contribution in [0.3, 0.4) is 0 Å². The fourth-order valence-electron chi connectivity index (χ4n) is 3.83. The Bertz CT molecular complexity index is 875. The average Bonchev–Trinajstić information content (AvgIpc) is 3.24. The number of nitriles is 1. The molecular weight excluding hydrogens is 322 g/mol. The number of hydrogen-bond donors (Lipinski definition) is 1. The van der Waals surface area contributed by atoms with E-state index >= 15 is 0 Å². The summed E-state index contributed by atoms with van der Waals surface area (Å²) in [5.41, 5.74) is 4.84. The largest absolute Gasteiger partial charge is 0.360 e. The SMILES string of the molecule is Cc1ccc(NC=C(C#N)C(=O)c2cc(C)n(C3CCCC3)c2C)cc1. The minimum Gasteiger partial charge on any atom is -0.360 e. The van der Waals surface area contributed by atoms with E-state index in [9.17, 15) is 10.1 Å². The first kappa shape index (κ1) is 18.0. The summed E-state index contributed by atoms with van der Waals surface area (Å²) in [5, 5.41) is 12.5. The summed E-state index contributed by atoms with van der Waals surface area (Å²) in [4.78, 5) is 12.9. The standard InChI is InChI=1S/C22H25N3O/c1-15-8-10-19(11-9-15)24-14-18(13-23)22(26)21-12-16(2)25(17(21)3)20-6-4-5-7-20/h8-12,14,20,24H,4-7H2,1-3H3. The zero-order valence-electron chi connectivity index (χ0n) is 15.7. The number of carbonyl (C=O) groups excluding carboxylic acids is 1. The molecule has 1 aliphatic carbocycles. The van der Waals surface area contributed by atoms with Crippen LogP contribution in [-0.4, -0.2) is 10.4 Å². The maximum absolute atomic E-state index is 12.9. The van der Waals surface area contributed by atoms with Gasteiger partial charge in [-0.1, -0.05) is 30.5 Å². The topological polar surface area (TPSA) is 57.8 Å². The molecule has 2 aromatic rings. The molecule has 0 spiro atoms. The van der Waals surface area contributed by atoms with Crippen molar-refractivity contribution < 1.29 is 4.79 Å². The molecule has 0 aliphatic heterocycles.